The zero-order chi connectivity index (χ0) is 23.6. The molecule has 3 rings (SSSR count). The largest absolute Gasteiger partial charge is 0.494 e. The number of carbonyl (C=O) groups is 2. The van der Waals surface area contributed by atoms with Crippen molar-refractivity contribution in [2.45, 2.75) is 45.3 Å². The van der Waals surface area contributed by atoms with Crippen molar-refractivity contribution in [3.05, 3.63) is 59.9 Å². The number of nitrogens with one attached hydrogen (secondary N) is 2. The molecule has 0 bridgehead atoms. The third kappa shape index (κ3) is 6.82. The van der Waals surface area contributed by atoms with Crippen molar-refractivity contribution in [3.8, 4) is 5.75 Å². The first-order valence-electron chi connectivity index (χ1n) is 11.0. The SMILES string of the molecule is CCOc1ccc(NC(=O)CSc2nnc(CC(=O)Nc3ccccc3CC)n2CC)cc1. The summed E-state index contributed by atoms with van der Waals surface area (Å²) < 4.78 is 7.27. The van der Waals surface area contributed by atoms with Gasteiger partial charge in [0.1, 0.15) is 11.6 Å². The molecule has 1 heterocycles. The highest BCUT2D eigenvalue weighted by molar-refractivity contribution is 7.99. The van der Waals surface area contributed by atoms with E-state index in [0.29, 0.717) is 29.8 Å². The van der Waals surface area contributed by atoms with Crippen molar-refractivity contribution in [1.82, 2.24) is 14.8 Å². The lowest BCUT2D eigenvalue weighted by Gasteiger charge is -2.10. The van der Waals surface area contributed by atoms with E-state index in [9.17, 15) is 9.59 Å². The lowest BCUT2D eigenvalue weighted by Crippen LogP contribution is -2.18. The van der Waals surface area contributed by atoms with Gasteiger partial charge in [0.25, 0.3) is 0 Å². The number of anilines is 2. The Kier molecular flexibility index (Phi) is 8.88. The van der Waals surface area contributed by atoms with Crippen molar-refractivity contribution in [2.24, 2.45) is 0 Å². The van der Waals surface area contributed by atoms with Gasteiger partial charge in [-0.1, -0.05) is 36.9 Å². The second kappa shape index (κ2) is 12.1. The standard InChI is InChI=1S/C24H29N5O3S/c1-4-17-9-7-8-10-20(17)26-22(30)15-21-27-28-24(29(21)5-2)33-16-23(31)25-18-11-13-19(14-12-18)32-6-3/h7-14H,4-6,15-16H2,1-3H3,(H,25,31)(H,26,30). The van der Waals surface area contributed by atoms with Crippen molar-refractivity contribution < 1.29 is 14.3 Å². The average Bonchev–Trinajstić information content (AvgIpc) is 3.20. The van der Waals surface area contributed by atoms with Crippen LogP contribution in [0.2, 0.25) is 0 Å². The summed E-state index contributed by atoms with van der Waals surface area (Å²) in [7, 11) is 0. The number of hydrogen-bond donors (Lipinski definition) is 2. The van der Waals surface area contributed by atoms with Crippen molar-refractivity contribution in [3.63, 3.8) is 0 Å². The molecular weight excluding hydrogens is 438 g/mol. The minimum atomic E-state index is -0.150. The van der Waals surface area contributed by atoms with Gasteiger partial charge >= 0.3 is 0 Å². The summed E-state index contributed by atoms with van der Waals surface area (Å²) >= 11 is 1.29. The highest BCUT2D eigenvalue weighted by Crippen LogP contribution is 2.20. The van der Waals surface area contributed by atoms with Gasteiger partial charge in [0.2, 0.25) is 11.8 Å². The molecular formula is C24H29N5O3S. The summed E-state index contributed by atoms with van der Waals surface area (Å²) in [6, 6.07) is 15.0. The van der Waals surface area contributed by atoms with Gasteiger partial charge in [-0.05, 0) is 56.2 Å². The molecule has 0 radical (unpaired) electrons. The lowest BCUT2D eigenvalue weighted by molar-refractivity contribution is -0.116. The molecule has 0 spiro atoms. The lowest BCUT2D eigenvalue weighted by atomic mass is 10.1. The predicted octanol–water partition coefficient (Wildman–Crippen LogP) is 4.17. The molecule has 33 heavy (non-hydrogen) atoms. The van der Waals surface area contributed by atoms with Crippen LogP contribution in [-0.4, -0.2) is 38.9 Å². The van der Waals surface area contributed by atoms with E-state index in [2.05, 4.69) is 20.8 Å². The van der Waals surface area contributed by atoms with Crippen LogP contribution in [0.1, 0.15) is 32.2 Å². The van der Waals surface area contributed by atoms with Crippen LogP contribution in [0.25, 0.3) is 0 Å². The number of ether oxygens (including phenoxy) is 1. The Labute approximate surface area is 198 Å². The Morgan fingerprint density at radius 3 is 2.42 bits per heavy atom. The summed E-state index contributed by atoms with van der Waals surface area (Å²) in [6.45, 7) is 7.13. The van der Waals surface area contributed by atoms with Gasteiger partial charge in [0.05, 0.1) is 18.8 Å². The zero-order valence-electron chi connectivity index (χ0n) is 19.1. The topological polar surface area (TPSA) is 98.1 Å². The van der Waals surface area contributed by atoms with E-state index in [1.807, 2.05) is 61.7 Å². The Morgan fingerprint density at radius 2 is 1.73 bits per heavy atom. The number of aryl methyl sites for hydroxylation is 1. The molecule has 2 N–H and O–H groups in total. The number of rotatable bonds is 11. The third-order valence-electron chi connectivity index (χ3n) is 4.88. The van der Waals surface area contributed by atoms with E-state index in [4.69, 9.17) is 4.74 Å². The van der Waals surface area contributed by atoms with E-state index in [-0.39, 0.29) is 24.0 Å². The van der Waals surface area contributed by atoms with E-state index in [1.165, 1.54) is 11.8 Å². The van der Waals surface area contributed by atoms with E-state index >= 15 is 0 Å². The van der Waals surface area contributed by atoms with Gasteiger partial charge in [0.15, 0.2) is 5.16 Å². The van der Waals surface area contributed by atoms with Gasteiger partial charge in [-0.25, -0.2) is 0 Å². The zero-order valence-corrected chi connectivity index (χ0v) is 19.9. The molecule has 0 aliphatic heterocycles. The fourth-order valence-electron chi connectivity index (χ4n) is 3.29. The first kappa shape index (κ1) is 24.3. The maximum absolute atomic E-state index is 12.6. The van der Waals surface area contributed by atoms with Crippen molar-refractivity contribution in [2.75, 3.05) is 23.0 Å². The maximum atomic E-state index is 12.6. The Bertz CT molecular complexity index is 1080. The second-order valence-corrected chi connectivity index (χ2v) is 8.12. The normalized spacial score (nSPS) is 10.6. The molecule has 0 unspecified atom stereocenters. The van der Waals surface area contributed by atoms with Crippen LogP contribution in [0.4, 0.5) is 11.4 Å². The quantitative estimate of drug-likeness (QED) is 0.411. The van der Waals surface area contributed by atoms with Crippen LogP contribution in [-0.2, 0) is 29.0 Å². The fraction of sp³-hybridized carbons (Fsp3) is 0.333. The third-order valence-corrected chi connectivity index (χ3v) is 5.85. The summed E-state index contributed by atoms with van der Waals surface area (Å²) in [5.74, 6) is 1.21. The smallest absolute Gasteiger partial charge is 0.234 e. The minimum absolute atomic E-state index is 0.109. The van der Waals surface area contributed by atoms with Crippen LogP contribution < -0.4 is 15.4 Å². The molecule has 0 saturated heterocycles. The maximum Gasteiger partial charge on any atom is 0.234 e. The average molecular weight is 468 g/mol. The molecule has 2 amide bonds. The summed E-state index contributed by atoms with van der Waals surface area (Å²) in [4.78, 5) is 24.9. The Hall–Kier alpha value is -3.33. The number of hydrogen-bond acceptors (Lipinski definition) is 6. The van der Waals surface area contributed by atoms with Crippen LogP contribution >= 0.6 is 11.8 Å². The molecule has 1 aromatic heterocycles. The number of benzene rings is 2. The number of para-hydroxylation sites is 1. The summed E-state index contributed by atoms with van der Waals surface area (Å²) in [5, 5.41) is 14.8. The number of aromatic nitrogens is 3. The van der Waals surface area contributed by atoms with Gasteiger partial charge in [0, 0.05) is 17.9 Å². The van der Waals surface area contributed by atoms with Crippen molar-refractivity contribution in [1.29, 1.82) is 0 Å². The van der Waals surface area contributed by atoms with E-state index < -0.39 is 0 Å². The highest BCUT2D eigenvalue weighted by Gasteiger charge is 2.16. The molecule has 0 aliphatic carbocycles. The molecule has 3 aromatic rings. The van der Waals surface area contributed by atoms with E-state index in [0.717, 1.165) is 23.4 Å². The molecule has 0 saturated carbocycles. The first-order valence-corrected chi connectivity index (χ1v) is 12.0. The molecule has 0 fully saturated rings. The number of nitrogens with zero attached hydrogens (tertiary/aromatic N) is 3. The highest BCUT2D eigenvalue weighted by atomic mass is 32.2. The van der Waals surface area contributed by atoms with Crippen LogP contribution in [0.3, 0.4) is 0 Å². The molecule has 0 atom stereocenters. The van der Waals surface area contributed by atoms with E-state index in [1.54, 1.807) is 12.1 Å². The number of amides is 2. The number of carbonyl (C=O) groups excluding carboxylic acids is 2. The minimum Gasteiger partial charge on any atom is -0.494 e. The van der Waals surface area contributed by atoms with Gasteiger partial charge in [-0.2, -0.15) is 0 Å². The molecule has 2 aromatic carbocycles. The monoisotopic (exact) mass is 467 g/mol. The van der Waals surface area contributed by atoms with Crippen LogP contribution in [0.15, 0.2) is 53.7 Å². The summed E-state index contributed by atoms with van der Waals surface area (Å²) in [5.41, 5.74) is 2.59. The predicted molar refractivity (Wildman–Crippen MR) is 131 cm³/mol. The molecule has 0 aliphatic rings. The summed E-state index contributed by atoms with van der Waals surface area (Å²) in [6.07, 6.45) is 0.943. The number of thioether (sulfide) groups is 1. The fourth-order valence-corrected chi connectivity index (χ4v) is 4.11. The molecule has 8 nitrogen and oxygen atoms in total. The second-order valence-electron chi connectivity index (χ2n) is 7.17. The van der Waals surface area contributed by atoms with Gasteiger partial charge in [-0.15, -0.1) is 10.2 Å². The Balaban J connectivity index is 1.56. The van der Waals surface area contributed by atoms with Crippen molar-refractivity contribution >= 4 is 35.0 Å². The van der Waals surface area contributed by atoms with Gasteiger partial charge in [-0.3, -0.25) is 9.59 Å². The van der Waals surface area contributed by atoms with Gasteiger partial charge < -0.3 is 19.9 Å². The molecule has 174 valence electrons. The first-order chi connectivity index (χ1) is 16.0. The van der Waals surface area contributed by atoms with Crippen LogP contribution in [0, 0.1) is 0 Å². The van der Waals surface area contributed by atoms with Crippen LogP contribution in [0.5, 0.6) is 5.75 Å². The molecule has 9 heteroatoms. The Morgan fingerprint density at radius 1 is 0.970 bits per heavy atom.